The summed E-state index contributed by atoms with van der Waals surface area (Å²) in [6.45, 7) is 0. The first kappa shape index (κ1) is 15.7. The van der Waals surface area contributed by atoms with Crippen LogP contribution in [0, 0.1) is 0 Å². The summed E-state index contributed by atoms with van der Waals surface area (Å²) in [5, 5.41) is 2.86. The van der Waals surface area contributed by atoms with Gasteiger partial charge in [0.25, 0.3) is 5.91 Å². The largest absolute Gasteiger partial charge is 0.366 e. The summed E-state index contributed by atoms with van der Waals surface area (Å²) < 4.78 is 0. The van der Waals surface area contributed by atoms with E-state index in [0.717, 1.165) is 10.6 Å². The van der Waals surface area contributed by atoms with E-state index >= 15 is 0 Å². The Balaban J connectivity index is 1.63. The number of rotatable bonds is 3. The number of carbonyl (C=O) groups excluding carboxylic acids is 3. The van der Waals surface area contributed by atoms with E-state index in [1.807, 2.05) is 24.3 Å². The SMILES string of the molecule is NC(=O)c1ccc(NC(=O)[C@@]23CCC(=O)N2c2ccccc2S3)cc1. The second-order valence-corrected chi connectivity index (χ2v) is 7.30. The average Bonchev–Trinajstić information content (AvgIpc) is 3.11. The van der Waals surface area contributed by atoms with Crippen LogP contribution >= 0.6 is 11.8 Å². The second kappa shape index (κ2) is 5.63. The zero-order valence-electron chi connectivity index (χ0n) is 13.2. The van der Waals surface area contributed by atoms with Crippen LogP contribution in [0.25, 0.3) is 0 Å². The van der Waals surface area contributed by atoms with Gasteiger partial charge < -0.3 is 11.1 Å². The molecule has 3 N–H and O–H groups in total. The lowest BCUT2D eigenvalue weighted by atomic mass is 10.1. The van der Waals surface area contributed by atoms with Crippen molar-refractivity contribution >= 4 is 40.9 Å². The van der Waals surface area contributed by atoms with E-state index in [2.05, 4.69) is 5.32 Å². The summed E-state index contributed by atoms with van der Waals surface area (Å²) >= 11 is 1.41. The van der Waals surface area contributed by atoms with E-state index in [1.165, 1.54) is 11.8 Å². The quantitative estimate of drug-likeness (QED) is 0.886. The number of nitrogens with one attached hydrogen (secondary N) is 1. The van der Waals surface area contributed by atoms with Gasteiger partial charge in [0.1, 0.15) is 0 Å². The predicted molar refractivity (Wildman–Crippen MR) is 95.3 cm³/mol. The Morgan fingerprint density at radius 2 is 1.84 bits per heavy atom. The van der Waals surface area contributed by atoms with Crippen molar-refractivity contribution in [1.29, 1.82) is 0 Å². The molecule has 0 spiro atoms. The van der Waals surface area contributed by atoms with Crippen molar-refractivity contribution in [1.82, 2.24) is 0 Å². The first-order valence-corrected chi connectivity index (χ1v) is 8.65. The molecule has 25 heavy (non-hydrogen) atoms. The summed E-state index contributed by atoms with van der Waals surface area (Å²) in [4.78, 5) is 38.1. The first-order valence-electron chi connectivity index (χ1n) is 7.84. The molecule has 1 atom stereocenters. The standard InChI is InChI=1S/C18H15N3O3S/c19-16(23)11-5-7-12(8-6-11)20-17(24)18-10-9-15(22)21(18)13-3-1-2-4-14(13)25-18/h1-8H,9-10H2,(H2,19,23)(H,20,24)/t18-/m0/s1. The van der Waals surface area contributed by atoms with Crippen molar-refractivity contribution in [2.45, 2.75) is 22.6 Å². The number of thioether (sulfide) groups is 1. The fraction of sp³-hybridized carbons (Fsp3) is 0.167. The molecule has 6 nitrogen and oxygen atoms in total. The first-order chi connectivity index (χ1) is 12.0. The van der Waals surface area contributed by atoms with Crippen molar-refractivity contribution in [2.75, 3.05) is 10.2 Å². The highest BCUT2D eigenvalue weighted by Crippen LogP contribution is 2.55. The summed E-state index contributed by atoms with van der Waals surface area (Å²) in [5.74, 6) is -0.811. The zero-order valence-corrected chi connectivity index (χ0v) is 14.0. The van der Waals surface area contributed by atoms with Crippen molar-refractivity contribution in [3.63, 3.8) is 0 Å². The van der Waals surface area contributed by atoms with Crippen LogP contribution in [0.15, 0.2) is 53.4 Å². The van der Waals surface area contributed by atoms with Crippen molar-refractivity contribution in [2.24, 2.45) is 5.73 Å². The maximum absolute atomic E-state index is 13.0. The van der Waals surface area contributed by atoms with Crippen LogP contribution in [0.2, 0.25) is 0 Å². The van der Waals surface area contributed by atoms with Crippen LogP contribution in [-0.4, -0.2) is 22.6 Å². The van der Waals surface area contributed by atoms with Crippen LogP contribution < -0.4 is 16.0 Å². The van der Waals surface area contributed by atoms with Crippen LogP contribution in [0.3, 0.4) is 0 Å². The number of para-hydroxylation sites is 1. The van der Waals surface area contributed by atoms with Gasteiger partial charge in [0.2, 0.25) is 11.8 Å². The van der Waals surface area contributed by atoms with Gasteiger partial charge in [0.05, 0.1) is 5.69 Å². The molecule has 0 saturated carbocycles. The lowest BCUT2D eigenvalue weighted by molar-refractivity contribution is -0.121. The minimum Gasteiger partial charge on any atom is -0.366 e. The molecule has 4 rings (SSSR count). The number of benzene rings is 2. The smallest absolute Gasteiger partial charge is 0.261 e. The molecule has 0 aromatic heterocycles. The molecule has 2 aromatic carbocycles. The molecule has 3 amide bonds. The van der Waals surface area contributed by atoms with Gasteiger partial charge in [0, 0.05) is 22.6 Å². The third-order valence-corrected chi connectivity index (χ3v) is 5.93. The second-order valence-electron chi connectivity index (χ2n) is 5.98. The van der Waals surface area contributed by atoms with E-state index in [9.17, 15) is 14.4 Å². The van der Waals surface area contributed by atoms with Crippen molar-refractivity contribution < 1.29 is 14.4 Å². The number of nitrogens with zero attached hydrogens (tertiary/aromatic N) is 1. The molecular formula is C18H15N3O3S. The van der Waals surface area contributed by atoms with Gasteiger partial charge in [-0.3, -0.25) is 19.3 Å². The number of hydrogen-bond acceptors (Lipinski definition) is 4. The van der Waals surface area contributed by atoms with Gasteiger partial charge in [-0.15, -0.1) is 0 Å². The van der Waals surface area contributed by atoms with Crippen molar-refractivity contribution in [3.05, 3.63) is 54.1 Å². The van der Waals surface area contributed by atoms with E-state index in [1.54, 1.807) is 29.2 Å². The van der Waals surface area contributed by atoms with Gasteiger partial charge in [-0.05, 0) is 42.8 Å². The van der Waals surface area contributed by atoms with Gasteiger partial charge >= 0.3 is 0 Å². The van der Waals surface area contributed by atoms with E-state index in [0.29, 0.717) is 24.1 Å². The minimum atomic E-state index is -0.955. The zero-order chi connectivity index (χ0) is 17.6. The maximum Gasteiger partial charge on any atom is 0.261 e. The van der Waals surface area contributed by atoms with Crippen molar-refractivity contribution in [3.8, 4) is 0 Å². The lowest BCUT2D eigenvalue weighted by Gasteiger charge is -2.29. The molecule has 2 aliphatic rings. The average molecular weight is 353 g/mol. The Morgan fingerprint density at radius 1 is 1.12 bits per heavy atom. The molecule has 2 aromatic rings. The molecule has 0 radical (unpaired) electrons. The Hall–Kier alpha value is -2.80. The van der Waals surface area contributed by atoms with Crippen LogP contribution in [0.5, 0.6) is 0 Å². The van der Waals surface area contributed by atoms with Gasteiger partial charge in [-0.25, -0.2) is 0 Å². The molecule has 0 unspecified atom stereocenters. The molecule has 0 bridgehead atoms. The molecule has 126 valence electrons. The Bertz CT molecular complexity index is 897. The highest BCUT2D eigenvalue weighted by Gasteiger charge is 2.57. The number of carbonyl (C=O) groups is 3. The highest BCUT2D eigenvalue weighted by atomic mass is 32.2. The summed E-state index contributed by atoms with van der Waals surface area (Å²) in [7, 11) is 0. The van der Waals surface area contributed by atoms with E-state index in [-0.39, 0.29) is 11.8 Å². The monoisotopic (exact) mass is 353 g/mol. The van der Waals surface area contributed by atoms with Gasteiger partial charge in [-0.2, -0.15) is 0 Å². The maximum atomic E-state index is 13.0. The number of anilines is 2. The summed E-state index contributed by atoms with van der Waals surface area (Å²) in [6.07, 6.45) is 0.797. The Labute approximate surface area is 148 Å². The molecule has 1 saturated heterocycles. The highest BCUT2D eigenvalue weighted by molar-refractivity contribution is 8.02. The lowest BCUT2D eigenvalue weighted by Crippen LogP contribution is -2.49. The van der Waals surface area contributed by atoms with Crippen LogP contribution in [0.4, 0.5) is 11.4 Å². The molecule has 7 heteroatoms. The Kier molecular flexibility index (Phi) is 3.54. The molecule has 1 fully saturated rings. The fourth-order valence-electron chi connectivity index (χ4n) is 3.25. The molecule has 0 aliphatic carbocycles. The number of nitrogens with two attached hydrogens (primary N) is 1. The van der Waals surface area contributed by atoms with E-state index in [4.69, 9.17) is 5.73 Å². The third kappa shape index (κ3) is 2.39. The van der Waals surface area contributed by atoms with Gasteiger partial charge in [-0.1, -0.05) is 23.9 Å². The summed E-state index contributed by atoms with van der Waals surface area (Å²) in [5.41, 5.74) is 6.94. The number of primary amides is 1. The number of amides is 3. The summed E-state index contributed by atoms with van der Waals surface area (Å²) in [6, 6.07) is 13.9. The van der Waals surface area contributed by atoms with Crippen LogP contribution in [0.1, 0.15) is 23.2 Å². The Morgan fingerprint density at radius 3 is 2.56 bits per heavy atom. The topological polar surface area (TPSA) is 92.5 Å². The third-order valence-electron chi connectivity index (χ3n) is 4.46. The number of hydrogen-bond donors (Lipinski definition) is 2. The van der Waals surface area contributed by atoms with Crippen LogP contribution in [-0.2, 0) is 9.59 Å². The molecule has 2 aliphatic heterocycles. The molecule has 2 heterocycles. The fourth-order valence-corrected chi connectivity index (χ4v) is 4.66. The molecular weight excluding hydrogens is 338 g/mol. The minimum absolute atomic E-state index is 0.0447. The normalized spacial score (nSPS) is 21.0. The van der Waals surface area contributed by atoms with E-state index < -0.39 is 10.8 Å². The van der Waals surface area contributed by atoms with Gasteiger partial charge in [0.15, 0.2) is 4.87 Å². The predicted octanol–water partition coefficient (Wildman–Crippen LogP) is 2.35. The number of fused-ring (bicyclic) bond motifs is 3.